The Hall–Kier alpha value is -2.62. The van der Waals surface area contributed by atoms with Crippen molar-refractivity contribution < 1.29 is 4.92 Å². The Kier molecular flexibility index (Phi) is 4.19. The van der Waals surface area contributed by atoms with Gasteiger partial charge in [-0.15, -0.1) is 0 Å². The molecular formula is C18H18N2O2. The van der Waals surface area contributed by atoms with E-state index in [1.165, 1.54) is 5.56 Å². The van der Waals surface area contributed by atoms with Crippen LogP contribution in [0.5, 0.6) is 0 Å². The van der Waals surface area contributed by atoms with Gasteiger partial charge in [-0.25, -0.2) is 0 Å². The fourth-order valence-corrected chi connectivity index (χ4v) is 2.94. The second-order valence-electron chi connectivity index (χ2n) is 5.53. The number of para-hydroxylation sites is 1. The van der Waals surface area contributed by atoms with Gasteiger partial charge in [-0.3, -0.25) is 10.1 Å². The van der Waals surface area contributed by atoms with Crippen LogP contribution in [0.3, 0.4) is 0 Å². The lowest BCUT2D eigenvalue weighted by Gasteiger charge is -2.12. The molecule has 0 aliphatic carbocycles. The molecular weight excluding hydrogens is 276 g/mol. The first-order valence-electron chi connectivity index (χ1n) is 7.46. The minimum absolute atomic E-state index is 0.0331. The van der Waals surface area contributed by atoms with E-state index >= 15 is 0 Å². The number of rotatable bonds is 6. The van der Waals surface area contributed by atoms with Crippen molar-refractivity contribution >= 4 is 10.9 Å². The Bertz CT molecular complexity index is 765. The first-order valence-corrected chi connectivity index (χ1v) is 7.46. The number of hydrogen-bond acceptors (Lipinski definition) is 2. The molecule has 22 heavy (non-hydrogen) atoms. The zero-order chi connectivity index (χ0) is 15.4. The second kappa shape index (κ2) is 6.43. The van der Waals surface area contributed by atoms with Crippen molar-refractivity contribution in [2.45, 2.75) is 18.8 Å². The first kappa shape index (κ1) is 14.3. The van der Waals surface area contributed by atoms with E-state index in [1.807, 2.05) is 48.7 Å². The SMILES string of the molecule is O=[N+]([O-])C[C@@H](CCc1ccccc1)c1c[nH]c2ccccc12. The van der Waals surface area contributed by atoms with Gasteiger partial charge in [0.05, 0.1) is 5.92 Å². The molecule has 1 atom stereocenters. The third kappa shape index (κ3) is 3.17. The van der Waals surface area contributed by atoms with Crippen molar-refractivity contribution in [2.75, 3.05) is 6.54 Å². The van der Waals surface area contributed by atoms with Gasteiger partial charge in [0.2, 0.25) is 6.54 Å². The van der Waals surface area contributed by atoms with E-state index in [4.69, 9.17) is 0 Å². The van der Waals surface area contributed by atoms with Crippen molar-refractivity contribution in [1.29, 1.82) is 0 Å². The zero-order valence-corrected chi connectivity index (χ0v) is 12.2. The molecule has 0 unspecified atom stereocenters. The Balaban J connectivity index is 1.84. The van der Waals surface area contributed by atoms with Crippen LogP contribution in [0.15, 0.2) is 60.8 Å². The summed E-state index contributed by atoms with van der Waals surface area (Å²) in [4.78, 5) is 14.1. The van der Waals surface area contributed by atoms with Crippen molar-refractivity contribution in [3.8, 4) is 0 Å². The standard InChI is InChI=1S/C18H18N2O2/c21-20(22)13-15(11-10-14-6-2-1-3-7-14)17-12-19-18-9-5-4-8-16(17)18/h1-9,12,15,19H,10-11,13H2/t15-/m1/s1. The Morgan fingerprint density at radius 1 is 1.05 bits per heavy atom. The lowest BCUT2D eigenvalue weighted by molar-refractivity contribution is -0.483. The summed E-state index contributed by atoms with van der Waals surface area (Å²) in [6.45, 7) is -0.0331. The highest BCUT2D eigenvalue weighted by Gasteiger charge is 2.21. The predicted molar refractivity (Wildman–Crippen MR) is 87.7 cm³/mol. The molecule has 0 bridgehead atoms. The Morgan fingerprint density at radius 2 is 1.77 bits per heavy atom. The predicted octanol–water partition coefficient (Wildman–Crippen LogP) is 4.16. The number of fused-ring (bicyclic) bond motifs is 1. The maximum absolute atomic E-state index is 11.0. The van der Waals surface area contributed by atoms with E-state index < -0.39 is 0 Å². The third-order valence-corrected chi connectivity index (χ3v) is 4.05. The summed E-state index contributed by atoms with van der Waals surface area (Å²) in [7, 11) is 0. The fraction of sp³-hybridized carbons (Fsp3) is 0.222. The van der Waals surface area contributed by atoms with Crippen LogP contribution < -0.4 is 0 Å². The molecule has 0 radical (unpaired) electrons. The molecule has 112 valence electrons. The smallest absolute Gasteiger partial charge is 0.210 e. The topological polar surface area (TPSA) is 58.9 Å². The van der Waals surface area contributed by atoms with Crippen LogP contribution in [0.1, 0.15) is 23.5 Å². The van der Waals surface area contributed by atoms with Crippen molar-refractivity contribution in [3.63, 3.8) is 0 Å². The summed E-state index contributed by atoms with van der Waals surface area (Å²) in [6.07, 6.45) is 3.54. The van der Waals surface area contributed by atoms with Crippen molar-refractivity contribution in [3.05, 3.63) is 82.0 Å². The lowest BCUT2D eigenvalue weighted by atomic mass is 9.92. The molecule has 1 heterocycles. The summed E-state index contributed by atoms with van der Waals surface area (Å²) in [5, 5.41) is 12.1. The third-order valence-electron chi connectivity index (χ3n) is 4.05. The van der Waals surface area contributed by atoms with E-state index in [0.29, 0.717) is 0 Å². The number of H-pyrrole nitrogens is 1. The summed E-state index contributed by atoms with van der Waals surface area (Å²) in [5.41, 5.74) is 3.30. The molecule has 0 aliphatic rings. The highest BCUT2D eigenvalue weighted by atomic mass is 16.6. The van der Waals surface area contributed by atoms with Gasteiger partial charge in [0, 0.05) is 22.0 Å². The molecule has 1 N–H and O–H groups in total. The molecule has 2 aromatic carbocycles. The monoisotopic (exact) mass is 294 g/mol. The van der Waals surface area contributed by atoms with Crippen LogP contribution in [0.4, 0.5) is 0 Å². The number of nitro groups is 1. The van der Waals surface area contributed by atoms with Gasteiger partial charge in [-0.05, 0) is 30.0 Å². The number of benzene rings is 2. The van der Waals surface area contributed by atoms with Gasteiger partial charge in [0.1, 0.15) is 0 Å². The van der Waals surface area contributed by atoms with Gasteiger partial charge in [-0.1, -0.05) is 48.5 Å². The van der Waals surface area contributed by atoms with Crippen LogP contribution in [0, 0.1) is 10.1 Å². The molecule has 0 spiro atoms. The summed E-state index contributed by atoms with van der Waals surface area (Å²) < 4.78 is 0. The largest absolute Gasteiger partial charge is 0.361 e. The number of hydrogen-bond donors (Lipinski definition) is 1. The van der Waals surface area contributed by atoms with Crippen LogP contribution >= 0.6 is 0 Å². The summed E-state index contributed by atoms with van der Waals surface area (Å²) in [5.74, 6) is -0.0774. The first-order chi connectivity index (χ1) is 10.7. The number of aromatic amines is 1. The molecule has 0 aliphatic heterocycles. The van der Waals surface area contributed by atoms with E-state index in [1.54, 1.807) is 0 Å². The minimum atomic E-state index is -0.211. The zero-order valence-electron chi connectivity index (χ0n) is 12.2. The normalized spacial score (nSPS) is 12.4. The summed E-state index contributed by atoms with van der Waals surface area (Å²) >= 11 is 0. The van der Waals surface area contributed by atoms with Gasteiger partial charge in [-0.2, -0.15) is 0 Å². The molecule has 0 amide bonds. The van der Waals surface area contributed by atoms with E-state index in [0.717, 1.165) is 29.3 Å². The maximum atomic E-state index is 11.0. The highest BCUT2D eigenvalue weighted by Crippen LogP contribution is 2.29. The lowest BCUT2D eigenvalue weighted by Crippen LogP contribution is -2.13. The molecule has 0 fully saturated rings. The fourth-order valence-electron chi connectivity index (χ4n) is 2.94. The van der Waals surface area contributed by atoms with E-state index in [2.05, 4.69) is 17.1 Å². The number of nitrogens with one attached hydrogen (secondary N) is 1. The van der Waals surface area contributed by atoms with Gasteiger partial charge >= 0.3 is 0 Å². The Labute approximate surface area is 128 Å². The van der Waals surface area contributed by atoms with E-state index in [9.17, 15) is 10.1 Å². The van der Waals surface area contributed by atoms with Gasteiger partial charge in [0.15, 0.2) is 0 Å². The average molecular weight is 294 g/mol. The van der Waals surface area contributed by atoms with Crippen LogP contribution in [-0.4, -0.2) is 16.5 Å². The number of aromatic nitrogens is 1. The molecule has 0 saturated heterocycles. The van der Waals surface area contributed by atoms with Crippen molar-refractivity contribution in [1.82, 2.24) is 4.98 Å². The molecule has 0 saturated carbocycles. The second-order valence-corrected chi connectivity index (χ2v) is 5.53. The molecule has 4 heteroatoms. The average Bonchev–Trinajstić information content (AvgIpc) is 2.96. The maximum Gasteiger partial charge on any atom is 0.210 e. The van der Waals surface area contributed by atoms with Gasteiger partial charge < -0.3 is 4.98 Å². The summed E-state index contributed by atoms with van der Waals surface area (Å²) in [6, 6.07) is 18.1. The van der Waals surface area contributed by atoms with E-state index in [-0.39, 0.29) is 17.4 Å². The molecule has 3 rings (SSSR count). The number of aryl methyl sites for hydroxylation is 1. The quantitative estimate of drug-likeness (QED) is 0.548. The highest BCUT2D eigenvalue weighted by molar-refractivity contribution is 5.83. The molecule has 1 aromatic heterocycles. The Morgan fingerprint density at radius 3 is 2.55 bits per heavy atom. The molecule has 3 aromatic rings. The minimum Gasteiger partial charge on any atom is -0.361 e. The van der Waals surface area contributed by atoms with Crippen molar-refractivity contribution in [2.24, 2.45) is 0 Å². The number of nitrogens with zero attached hydrogens (tertiary/aromatic N) is 1. The molecule has 4 nitrogen and oxygen atoms in total. The van der Waals surface area contributed by atoms with Gasteiger partial charge in [0.25, 0.3) is 0 Å². The van der Waals surface area contributed by atoms with Crippen LogP contribution in [0.2, 0.25) is 0 Å². The van der Waals surface area contributed by atoms with Crippen LogP contribution in [-0.2, 0) is 6.42 Å². The van der Waals surface area contributed by atoms with Crippen LogP contribution in [0.25, 0.3) is 10.9 Å².